The van der Waals surface area contributed by atoms with Gasteiger partial charge < -0.3 is 10.1 Å². The molecular formula is C22H25N3O4S2. The molecule has 0 fully saturated rings. The van der Waals surface area contributed by atoms with Crippen LogP contribution >= 0.6 is 11.3 Å². The summed E-state index contributed by atoms with van der Waals surface area (Å²) in [5.41, 5.74) is 2.50. The Morgan fingerprint density at radius 2 is 2.00 bits per heavy atom. The molecule has 0 spiro atoms. The highest BCUT2D eigenvalue weighted by atomic mass is 32.2. The van der Waals surface area contributed by atoms with Gasteiger partial charge in [0.1, 0.15) is 10.8 Å². The van der Waals surface area contributed by atoms with Crippen molar-refractivity contribution >= 4 is 33.0 Å². The summed E-state index contributed by atoms with van der Waals surface area (Å²) < 4.78 is 31.9. The van der Waals surface area contributed by atoms with Gasteiger partial charge in [-0.2, -0.15) is 0 Å². The van der Waals surface area contributed by atoms with E-state index < -0.39 is 10.0 Å². The summed E-state index contributed by atoms with van der Waals surface area (Å²) in [6.07, 6.45) is 1.76. The van der Waals surface area contributed by atoms with Crippen LogP contribution < -0.4 is 14.8 Å². The van der Waals surface area contributed by atoms with E-state index in [1.165, 1.54) is 6.07 Å². The van der Waals surface area contributed by atoms with Gasteiger partial charge in [-0.15, -0.1) is 11.3 Å². The summed E-state index contributed by atoms with van der Waals surface area (Å²) in [5, 5.41) is 5.81. The van der Waals surface area contributed by atoms with Crippen molar-refractivity contribution in [1.29, 1.82) is 0 Å². The number of sulfonamides is 1. The van der Waals surface area contributed by atoms with Crippen LogP contribution in [0.5, 0.6) is 5.75 Å². The van der Waals surface area contributed by atoms with E-state index in [1.807, 2.05) is 43.5 Å². The predicted octanol–water partition coefficient (Wildman–Crippen LogP) is 4.46. The molecule has 0 aliphatic heterocycles. The molecule has 1 unspecified atom stereocenters. The summed E-state index contributed by atoms with van der Waals surface area (Å²) >= 11 is 1.55. The average Bonchev–Trinajstić information content (AvgIpc) is 3.30. The van der Waals surface area contributed by atoms with Gasteiger partial charge in [-0.1, -0.05) is 18.2 Å². The van der Waals surface area contributed by atoms with Crippen LogP contribution in [0.1, 0.15) is 42.7 Å². The number of nitrogens with zero attached hydrogens (tertiary/aromatic N) is 1. The van der Waals surface area contributed by atoms with E-state index in [-0.39, 0.29) is 23.3 Å². The fourth-order valence-electron chi connectivity index (χ4n) is 2.97. The van der Waals surface area contributed by atoms with Gasteiger partial charge in [-0.3, -0.25) is 9.52 Å². The van der Waals surface area contributed by atoms with Crippen LogP contribution in [0, 0.1) is 0 Å². The lowest BCUT2D eigenvalue weighted by Crippen LogP contribution is -2.27. The lowest BCUT2D eigenvalue weighted by molar-refractivity contribution is 0.0936. The highest BCUT2D eigenvalue weighted by Crippen LogP contribution is 2.27. The second-order valence-corrected chi connectivity index (χ2v) is 9.71. The van der Waals surface area contributed by atoms with Gasteiger partial charge in [-0.25, -0.2) is 13.4 Å². The first-order chi connectivity index (χ1) is 14.8. The van der Waals surface area contributed by atoms with E-state index in [0.29, 0.717) is 18.0 Å². The molecule has 1 heterocycles. The van der Waals surface area contributed by atoms with Crippen molar-refractivity contribution in [2.24, 2.45) is 0 Å². The third-order valence-electron chi connectivity index (χ3n) is 4.59. The van der Waals surface area contributed by atoms with Crippen LogP contribution in [0.4, 0.5) is 5.69 Å². The zero-order valence-corrected chi connectivity index (χ0v) is 19.2. The van der Waals surface area contributed by atoms with Crippen molar-refractivity contribution in [3.63, 3.8) is 0 Å². The van der Waals surface area contributed by atoms with E-state index in [2.05, 4.69) is 15.0 Å². The Morgan fingerprint density at radius 3 is 2.68 bits per heavy atom. The molecule has 1 aromatic heterocycles. The molecule has 0 saturated heterocycles. The van der Waals surface area contributed by atoms with Crippen LogP contribution in [0.25, 0.3) is 10.6 Å². The highest BCUT2D eigenvalue weighted by molar-refractivity contribution is 7.92. The SMILES string of the molecule is CCOc1ccc(NS(=O)(=O)CC)cc1C(=O)NC(C)c1cccc(-c2nccs2)c1. The van der Waals surface area contributed by atoms with Crippen molar-refractivity contribution in [3.05, 3.63) is 65.2 Å². The van der Waals surface area contributed by atoms with Crippen molar-refractivity contribution in [1.82, 2.24) is 10.3 Å². The van der Waals surface area contributed by atoms with Gasteiger partial charge in [0.25, 0.3) is 5.91 Å². The number of hydrogen-bond donors (Lipinski definition) is 2. The number of ether oxygens (including phenoxy) is 1. The van der Waals surface area contributed by atoms with Crippen LogP contribution in [-0.2, 0) is 10.0 Å². The van der Waals surface area contributed by atoms with Gasteiger partial charge in [0.05, 0.1) is 24.0 Å². The van der Waals surface area contributed by atoms with E-state index in [9.17, 15) is 13.2 Å². The van der Waals surface area contributed by atoms with Crippen molar-refractivity contribution in [3.8, 4) is 16.3 Å². The number of hydrogen-bond acceptors (Lipinski definition) is 6. The fraction of sp³-hybridized carbons (Fsp3) is 0.273. The summed E-state index contributed by atoms with van der Waals surface area (Å²) in [5.74, 6) is -0.0230. The second-order valence-electron chi connectivity index (χ2n) is 6.81. The Bertz CT molecular complexity index is 1150. The lowest BCUT2D eigenvalue weighted by atomic mass is 10.0. The zero-order chi connectivity index (χ0) is 22.4. The first kappa shape index (κ1) is 22.8. The molecule has 3 aromatic rings. The predicted molar refractivity (Wildman–Crippen MR) is 124 cm³/mol. The van der Waals surface area contributed by atoms with E-state index in [4.69, 9.17) is 4.74 Å². The Hall–Kier alpha value is -2.91. The maximum Gasteiger partial charge on any atom is 0.255 e. The number of amides is 1. The Labute approximate surface area is 186 Å². The number of benzene rings is 2. The van der Waals surface area contributed by atoms with Gasteiger partial charge >= 0.3 is 0 Å². The molecule has 2 aromatic carbocycles. The minimum atomic E-state index is -3.46. The Balaban J connectivity index is 1.84. The van der Waals surface area contributed by atoms with Crippen molar-refractivity contribution < 1.29 is 17.9 Å². The maximum absolute atomic E-state index is 13.0. The van der Waals surface area contributed by atoms with Crippen molar-refractivity contribution in [2.45, 2.75) is 26.8 Å². The van der Waals surface area contributed by atoms with Gasteiger partial charge in [0.15, 0.2) is 0 Å². The first-order valence-electron chi connectivity index (χ1n) is 9.91. The Kier molecular flexibility index (Phi) is 7.29. The number of aromatic nitrogens is 1. The number of carbonyl (C=O) groups is 1. The van der Waals surface area contributed by atoms with Gasteiger partial charge in [0, 0.05) is 22.8 Å². The fourth-order valence-corrected chi connectivity index (χ4v) is 4.23. The smallest absolute Gasteiger partial charge is 0.255 e. The minimum Gasteiger partial charge on any atom is -0.493 e. The summed E-state index contributed by atoms with van der Waals surface area (Å²) in [4.78, 5) is 17.4. The third-order valence-corrected chi connectivity index (χ3v) is 6.72. The first-order valence-corrected chi connectivity index (χ1v) is 12.4. The van der Waals surface area contributed by atoms with E-state index in [1.54, 1.807) is 36.6 Å². The normalized spacial score (nSPS) is 12.2. The third kappa shape index (κ3) is 5.83. The molecule has 0 radical (unpaired) electrons. The highest BCUT2D eigenvalue weighted by Gasteiger charge is 2.18. The summed E-state index contributed by atoms with van der Waals surface area (Å²) in [6.45, 7) is 5.64. The van der Waals surface area contributed by atoms with Gasteiger partial charge in [-0.05, 0) is 50.6 Å². The summed E-state index contributed by atoms with van der Waals surface area (Å²) in [7, 11) is -3.46. The van der Waals surface area contributed by atoms with Crippen LogP contribution in [0.3, 0.4) is 0 Å². The van der Waals surface area contributed by atoms with Crippen LogP contribution in [-0.4, -0.2) is 31.7 Å². The minimum absolute atomic E-state index is 0.0613. The molecule has 7 nitrogen and oxygen atoms in total. The number of carbonyl (C=O) groups excluding carboxylic acids is 1. The number of thiazole rings is 1. The van der Waals surface area contributed by atoms with Crippen LogP contribution in [0.15, 0.2) is 54.0 Å². The largest absolute Gasteiger partial charge is 0.493 e. The maximum atomic E-state index is 13.0. The monoisotopic (exact) mass is 459 g/mol. The number of anilines is 1. The summed E-state index contributed by atoms with van der Waals surface area (Å²) in [6, 6.07) is 12.2. The molecule has 9 heteroatoms. The average molecular weight is 460 g/mol. The number of rotatable bonds is 9. The number of nitrogens with one attached hydrogen (secondary N) is 2. The van der Waals surface area contributed by atoms with Crippen molar-refractivity contribution in [2.75, 3.05) is 17.1 Å². The molecule has 31 heavy (non-hydrogen) atoms. The van der Waals surface area contributed by atoms with Gasteiger partial charge in [0.2, 0.25) is 10.0 Å². The van der Waals surface area contributed by atoms with Crippen LogP contribution in [0.2, 0.25) is 0 Å². The molecule has 3 rings (SSSR count). The van der Waals surface area contributed by atoms with E-state index in [0.717, 1.165) is 16.1 Å². The standard InChI is InChI=1S/C22H25N3O4S2/c1-4-29-20-10-9-18(25-31(27,28)5-2)14-19(20)21(26)24-15(3)16-7-6-8-17(13-16)22-23-11-12-30-22/h6-15,25H,4-5H2,1-3H3,(H,24,26). The Morgan fingerprint density at radius 1 is 1.19 bits per heavy atom. The second kappa shape index (κ2) is 9.93. The molecule has 2 N–H and O–H groups in total. The molecule has 0 aliphatic carbocycles. The zero-order valence-electron chi connectivity index (χ0n) is 17.6. The molecule has 0 bridgehead atoms. The molecular weight excluding hydrogens is 434 g/mol. The van der Waals surface area contributed by atoms with E-state index >= 15 is 0 Å². The molecule has 0 saturated carbocycles. The quantitative estimate of drug-likeness (QED) is 0.492. The molecule has 164 valence electrons. The topological polar surface area (TPSA) is 97.4 Å². The molecule has 1 amide bonds. The lowest BCUT2D eigenvalue weighted by Gasteiger charge is -2.18. The molecule has 0 aliphatic rings. The molecule has 1 atom stereocenters.